The van der Waals surface area contributed by atoms with Gasteiger partial charge in [0.1, 0.15) is 11.4 Å². The normalized spacial score (nSPS) is 11.1. The van der Waals surface area contributed by atoms with Crippen LogP contribution >= 0.6 is 0 Å². The van der Waals surface area contributed by atoms with Gasteiger partial charge in [0.2, 0.25) is 5.82 Å². The number of nitrogens with zero attached hydrogens (tertiary/aromatic N) is 1. The Morgan fingerprint density at radius 1 is 0.905 bits per heavy atom. The standard InChI is InChI=1S/C13H7F5N2O/c14-8-9(15)11(17)13(12(18)10(8)16)20-19-5-6-2-1-3-7(21)4-6/h1-5,20-21H/b19-5+. The average Bonchev–Trinajstić information content (AvgIpc) is 2.47. The summed E-state index contributed by atoms with van der Waals surface area (Å²) in [5.74, 6) is -10.5. The first-order chi connectivity index (χ1) is 9.91. The van der Waals surface area contributed by atoms with Gasteiger partial charge in [-0.15, -0.1) is 0 Å². The van der Waals surface area contributed by atoms with Crippen LogP contribution in [0.1, 0.15) is 5.56 Å². The number of benzene rings is 2. The average molecular weight is 302 g/mol. The molecule has 0 aliphatic heterocycles. The van der Waals surface area contributed by atoms with Crippen molar-refractivity contribution in [3.8, 4) is 5.75 Å². The highest BCUT2D eigenvalue weighted by molar-refractivity contribution is 5.80. The quantitative estimate of drug-likeness (QED) is 0.299. The first kappa shape index (κ1) is 14.8. The molecule has 3 nitrogen and oxygen atoms in total. The molecule has 110 valence electrons. The number of hydrogen-bond donors (Lipinski definition) is 2. The van der Waals surface area contributed by atoms with Gasteiger partial charge in [-0.3, -0.25) is 5.43 Å². The lowest BCUT2D eigenvalue weighted by atomic mass is 10.2. The van der Waals surface area contributed by atoms with Crippen LogP contribution in [0.15, 0.2) is 29.4 Å². The molecule has 0 spiro atoms. The molecule has 0 aromatic heterocycles. The van der Waals surface area contributed by atoms with Crippen LogP contribution < -0.4 is 5.43 Å². The van der Waals surface area contributed by atoms with Gasteiger partial charge in [0, 0.05) is 0 Å². The van der Waals surface area contributed by atoms with Gasteiger partial charge < -0.3 is 5.11 Å². The zero-order valence-electron chi connectivity index (χ0n) is 10.2. The van der Waals surface area contributed by atoms with E-state index in [1.807, 2.05) is 0 Å². The Morgan fingerprint density at radius 2 is 1.48 bits per heavy atom. The van der Waals surface area contributed by atoms with Crippen LogP contribution in [-0.4, -0.2) is 11.3 Å². The maximum atomic E-state index is 13.3. The molecule has 0 heterocycles. The van der Waals surface area contributed by atoms with E-state index < -0.39 is 34.8 Å². The Hall–Kier alpha value is -2.64. The summed E-state index contributed by atoms with van der Waals surface area (Å²) in [5.41, 5.74) is 0.841. The molecule has 0 aliphatic carbocycles. The Bertz CT molecular complexity index is 689. The van der Waals surface area contributed by atoms with Crippen molar-refractivity contribution >= 4 is 11.9 Å². The molecule has 2 rings (SSSR count). The second kappa shape index (κ2) is 5.78. The molecule has 21 heavy (non-hydrogen) atoms. The monoisotopic (exact) mass is 302 g/mol. The summed E-state index contributed by atoms with van der Waals surface area (Å²) < 4.78 is 65.2. The van der Waals surface area contributed by atoms with Gasteiger partial charge in [0.05, 0.1) is 6.21 Å². The number of halogens is 5. The molecule has 2 N–H and O–H groups in total. The maximum Gasteiger partial charge on any atom is 0.200 e. The van der Waals surface area contributed by atoms with Gasteiger partial charge in [-0.2, -0.15) is 5.10 Å². The summed E-state index contributed by atoms with van der Waals surface area (Å²) >= 11 is 0. The van der Waals surface area contributed by atoms with E-state index in [0.717, 1.165) is 6.21 Å². The summed E-state index contributed by atoms with van der Waals surface area (Å²) in [5, 5.41) is 12.5. The fraction of sp³-hybridized carbons (Fsp3) is 0. The maximum absolute atomic E-state index is 13.3. The highest BCUT2D eigenvalue weighted by Gasteiger charge is 2.25. The fourth-order valence-corrected chi connectivity index (χ4v) is 1.48. The van der Waals surface area contributed by atoms with Gasteiger partial charge in [-0.05, 0) is 17.7 Å². The SMILES string of the molecule is Oc1cccc(/C=N/Nc2c(F)c(F)c(F)c(F)c2F)c1. The minimum atomic E-state index is -2.24. The van der Waals surface area contributed by atoms with E-state index in [4.69, 9.17) is 0 Å². The zero-order valence-corrected chi connectivity index (χ0v) is 10.2. The zero-order chi connectivity index (χ0) is 15.6. The molecule has 8 heteroatoms. The van der Waals surface area contributed by atoms with Crippen molar-refractivity contribution in [2.24, 2.45) is 5.10 Å². The van der Waals surface area contributed by atoms with Crippen LogP contribution in [0.25, 0.3) is 0 Å². The topological polar surface area (TPSA) is 44.6 Å². The van der Waals surface area contributed by atoms with Crippen molar-refractivity contribution in [1.29, 1.82) is 0 Å². The number of rotatable bonds is 3. The van der Waals surface area contributed by atoms with E-state index in [-0.39, 0.29) is 5.75 Å². The number of phenolic OH excluding ortho intramolecular Hbond substituents is 1. The predicted molar refractivity (Wildman–Crippen MR) is 65.6 cm³/mol. The largest absolute Gasteiger partial charge is 0.508 e. The summed E-state index contributed by atoms with van der Waals surface area (Å²) in [6, 6.07) is 5.65. The third-order valence-corrected chi connectivity index (χ3v) is 2.47. The van der Waals surface area contributed by atoms with Crippen LogP contribution in [0.3, 0.4) is 0 Å². The second-order valence-electron chi connectivity index (χ2n) is 3.91. The van der Waals surface area contributed by atoms with Crippen molar-refractivity contribution in [3.63, 3.8) is 0 Å². The van der Waals surface area contributed by atoms with Gasteiger partial charge in [-0.1, -0.05) is 12.1 Å². The highest BCUT2D eigenvalue weighted by atomic mass is 19.2. The van der Waals surface area contributed by atoms with Gasteiger partial charge in [0.25, 0.3) is 0 Å². The number of hydrazone groups is 1. The molecule has 0 aliphatic rings. The van der Waals surface area contributed by atoms with E-state index in [2.05, 4.69) is 5.10 Å². The molecule has 0 atom stereocenters. The number of aromatic hydroxyl groups is 1. The molecule has 2 aromatic rings. The smallest absolute Gasteiger partial charge is 0.200 e. The molecule has 0 saturated carbocycles. The van der Waals surface area contributed by atoms with E-state index in [0.29, 0.717) is 5.56 Å². The minimum absolute atomic E-state index is 0.0739. The van der Waals surface area contributed by atoms with Crippen molar-refractivity contribution in [3.05, 3.63) is 58.9 Å². The summed E-state index contributed by atoms with van der Waals surface area (Å²) in [6.07, 6.45) is 1.04. The Labute approximate surface area is 115 Å². The van der Waals surface area contributed by atoms with E-state index in [9.17, 15) is 27.1 Å². The lowest BCUT2D eigenvalue weighted by Crippen LogP contribution is -2.06. The Balaban J connectivity index is 2.29. The van der Waals surface area contributed by atoms with Crippen LogP contribution in [0.5, 0.6) is 5.75 Å². The minimum Gasteiger partial charge on any atom is -0.508 e. The van der Waals surface area contributed by atoms with Crippen molar-refractivity contribution in [2.75, 3.05) is 5.43 Å². The summed E-state index contributed by atoms with van der Waals surface area (Å²) in [6.45, 7) is 0. The summed E-state index contributed by atoms with van der Waals surface area (Å²) in [4.78, 5) is 0. The Morgan fingerprint density at radius 3 is 2.05 bits per heavy atom. The van der Waals surface area contributed by atoms with Gasteiger partial charge >= 0.3 is 0 Å². The first-order valence-corrected chi connectivity index (χ1v) is 5.51. The van der Waals surface area contributed by atoms with Crippen LogP contribution in [-0.2, 0) is 0 Å². The van der Waals surface area contributed by atoms with Crippen molar-refractivity contribution in [1.82, 2.24) is 0 Å². The summed E-state index contributed by atoms with van der Waals surface area (Å²) in [7, 11) is 0. The first-order valence-electron chi connectivity index (χ1n) is 5.51. The van der Waals surface area contributed by atoms with Crippen LogP contribution in [0.2, 0.25) is 0 Å². The Kier molecular flexibility index (Phi) is 4.06. The molecular weight excluding hydrogens is 295 g/mol. The fourth-order valence-electron chi connectivity index (χ4n) is 1.48. The number of anilines is 1. The highest BCUT2D eigenvalue weighted by Crippen LogP contribution is 2.27. The molecule has 0 bridgehead atoms. The van der Waals surface area contributed by atoms with E-state index >= 15 is 0 Å². The van der Waals surface area contributed by atoms with Crippen LogP contribution in [0.4, 0.5) is 27.6 Å². The predicted octanol–water partition coefficient (Wildman–Crippen LogP) is 3.53. The second-order valence-corrected chi connectivity index (χ2v) is 3.91. The van der Waals surface area contributed by atoms with Crippen molar-refractivity contribution in [2.45, 2.75) is 0 Å². The number of hydrogen-bond acceptors (Lipinski definition) is 3. The van der Waals surface area contributed by atoms with Crippen LogP contribution in [0, 0.1) is 29.1 Å². The third kappa shape index (κ3) is 2.93. The number of nitrogens with one attached hydrogen (secondary N) is 1. The van der Waals surface area contributed by atoms with Gasteiger partial charge in [0.15, 0.2) is 23.3 Å². The molecular formula is C13H7F5N2O. The molecule has 0 saturated heterocycles. The molecule has 0 radical (unpaired) electrons. The molecule has 2 aromatic carbocycles. The molecule has 0 unspecified atom stereocenters. The van der Waals surface area contributed by atoms with E-state index in [1.54, 1.807) is 5.43 Å². The molecule has 0 amide bonds. The van der Waals surface area contributed by atoms with E-state index in [1.165, 1.54) is 24.3 Å². The number of phenols is 1. The van der Waals surface area contributed by atoms with Crippen molar-refractivity contribution < 1.29 is 27.1 Å². The van der Waals surface area contributed by atoms with Gasteiger partial charge in [-0.25, -0.2) is 22.0 Å². The molecule has 0 fully saturated rings. The third-order valence-electron chi connectivity index (χ3n) is 2.47. The lowest BCUT2D eigenvalue weighted by Gasteiger charge is -2.06. The lowest BCUT2D eigenvalue weighted by molar-refractivity contribution is 0.381.